The Labute approximate surface area is 203 Å². The van der Waals surface area contributed by atoms with Gasteiger partial charge in [-0.3, -0.25) is 9.59 Å². The second kappa shape index (κ2) is 8.56. The predicted molar refractivity (Wildman–Crippen MR) is 129 cm³/mol. The number of hydrogen-bond acceptors (Lipinski definition) is 6. The lowest BCUT2D eigenvalue weighted by molar-refractivity contribution is -0.187. The van der Waals surface area contributed by atoms with Gasteiger partial charge in [-0.15, -0.1) is 0 Å². The van der Waals surface area contributed by atoms with Gasteiger partial charge in [-0.05, 0) is 36.8 Å². The van der Waals surface area contributed by atoms with Crippen molar-refractivity contribution < 1.29 is 29.6 Å². The molecule has 2 saturated carbocycles. The first-order valence-electron chi connectivity index (χ1n) is 13.1. The van der Waals surface area contributed by atoms with E-state index in [1.54, 1.807) is 13.0 Å². The van der Waals surface area contributed by atoms with Crippen molar-refractivity contribution in [3.05, 3.63) is 23.3 Å². The van der Waals surface area contributed by atoms with Gasteiger partial charge in [0.2, 0.25) is 0 Å². The molecule has 0 amide bonds. The van der Waals surface area contributed by atoms with Crippen LogP contribution >= 0.6 is 0 Å². The largest absolute Gasteiger partial charge is 0.458 e. The van der Waals surface area contributed by atoms with Crippen LogP contribution in [0.5, 0.6) is 0 Å². The van der Waals surface area contributed by atoms with Crippen molar-refractivity contribution in [3.63, 3.8) is 0 Å². The fourth-order valence-corrected chi connectivity index (χ4v) is 7.72. The molecule has 0 aromatic heterocycles. The number of ether oxygens (including phenoxy) is 1. The average molecular weight is 475 g/mol. The van der Waals surface area contributed by atoms with E-state index in [-0.39, 0.29) is 42.0 Å². The number of fused-ring (bicyclic) bond motifs is 5. The maximum atomic E-state index is 13.0. The van der Waals surface area contributed by atoms with Crippen molar-refractivity contribution in [1.29, 1.82) is 0 Å². The number of aliphatic hydroxyl groups is 3. The van der Waals surface area contributed by atoms with Gasteiger partial charge in [-0.1, -0.05) is 65.5 Å². The zero-order chi connectivity index (χ0) is 25.1. The van der Waals surface area contributed by atoms with Gasteiger partial charge < -0.3 is 20.1 Å². The number of esters is 1. The fraction of sp³-hybridized carbons (Fsp3) is 0.786. The summed E-state index contributed by atoms with van der Waals surface area (Å²) in [5.74, 6) is -2.25. The van der Waals surface area contributed by atoms with E-state index >= 15 is 0 Å². The maximum Gasteiger partial charge on any atom is 0.306 e. The molecule has 7 atom stereocenters. The molecule has 190 valence electrons. The molecule has 6 heteroatoms. The summed E-state index contributed by atoms with van der Waals surface area (Å²) < 4.78 is 6.24. The Kier molecular flexibility index (Phi) is 6.44. The summed E-state index contributed by atoms with van der Waals surface area (Å²) in [6.45, 7) is 9.64. The van der Waals surface area contributed by atoms with E-state index in [1.165, 1.54) is 6.42 Å². The normalized spacial score (nSPS) is 42.1. The highest BCUT2D eigenvalue weighted by molar-refractivity contribution is 6.04. The van der Waals surface area contributed by atoms with Gasteiger partial charge in [-0.2, -0.15) is 0 Å². The molecule has 2 fully saturated rings. The van der Waals surface area contributed by atoms with Crippen molar-refractivity contribution in [2.45, 2.75) is 103 Å². The molecule has 7 unspecified atom stereocenters. The van der Waals surface area contributed by atoms with Crippen molar-refractivity contribution in [2.75, 3.05) is 6.61 Å². The number of carbonyl (C=O) groups is 2. The first kappa shape index (κ1) is 25.6. The molecule has 0 aromatic carbocycles. The van der Waals surface area contributed by atoms with Gasteiger partial charge in [0.15, 0.2) is 5.78 Å². The minimum atomic E-state index is -1.76. The number of carbonyl (C=O) groups excluding carboxylic acids is 2. The van der Waals surface area contributed by atoms with Crippen molar-refractivity contribution >= 4 is 11.8 Å². The summed E-state index contributed by atoms with van der Waals surface area (Å²) in [7, 11) is 0. The topological polar surface area (TPSA) is 104 Å². The van der Waals surface area contributed by atoms with Crippen LogP contribution < -0.4 is 0 Å². The summed E-state index contributed by atoms with van der Waals surface area (Å²) in [5, 5.41) is 33.9. The molecule has 34 heavy (non-hydrogen) atoms. The second-order valence-electron chi connectivity index (χ2n) is 12.0. The van der Waals surface area contributed by atoms with Crippen LogP contribution in [0.15, 0.2) is 23.3 Å². The van der Waals surface area contributed by atoms with Gasteiger partial charge in [0.25, 0.3) is 0 Å². The first-order valence-corrected chi connectivity index (χ1v) is 13.1. The van der Waals surface area contributed by atoms with Crippen molar-refractivity contribution in [2.24, 2.45) is 29.1 Å². The summed E-state index contributed by atoms with van der Waals surface area (Å²) in [6, 6.07) is 0. The lowest BCUT2D eigenvalue weighted by Crippen LogP contribution is -2.61. The Balaban J connectivity index is 1.64. The third-order valence-electron chi connectivity index (χ3n) is 9.66. The molecule has 0 spiro atoms. The third kappa shape index (κ3) is 3.47. The molecule has 0 aromatic rings. The Hall–Kier alpha value is -1.50. The van der Waals surface area contributed by atoms with Crippen molar-refractivity contribution in [1.82, 2.24) is 0 Å². The number of aliphatic hydroxyl groups excluding tert-OH is 1. The molecule has 0 saturated heterocycles. The smallest absolute Gasteiger partial charge is 0.306 e. The number of unbranched alkanes of at least 4 members (excludes halogenated alkanes) is 4. The van der Waals surface area contributed by atoms with Crippen LogP contribution in [0, 0.1) is 29.1 Å². The average Bonchev–Trinajstić information content (AvgIpc) is 3.17. The van der Waals surface area contributed by atoms with E-state index in [1.807, 2.05) is 13.0 Å². The SMILES string of the molecule is CCCCCCCC(=O)OC12CC(C)C3(O)C(C=C(CO)CC4(O)C(=O)C(C)=CC43)C1C2(C)C. The summed E-state index contributed by atoms with van der Waals surface area (Å²) in [6.07, 6.45) is 9.77. The molecule has 0 radical (unpaired) electrons. The molecule has 4 rings (SSSR count). The Morgan fingerprint density at radius 3 is 2.47 bits per heavy atom. The van der Waals surface area contributed by atoms with Crippen molar-refractivity contribution in [3.8, 4) is 0 Å². The van der Waals surface area contributed by atoms with Gasteiger partial charge in [0, 0.05) is 36.0 Å². The van der Waals surface area contributed by atoms with E-state index < -0.39 is 28.6 Å². The van der Waals surface area contributed by atoms with Gasteiger partial charge in [-0.25, -0.2) is 0 Å². The van der Waals surface area contributed by atoms with E-state index in [9.17, 15) is 24.9 Å². The van der Waals surface area contributed by atoms with Crippen LogP contribution in [-0.2, 0) is 14.3 Å². The van der Waals surface area contributed by atoms with Gasteiger partial charge >= 0.3 is 5.97 Å². The number of hydrogen-bond donors (Lipinski definition) is 3. The highest BCUT2D eigenvalue weighted by Crippen LogP contribution is 2.76. The molecule has 3 N–H and O–H groups in total. The Bertz CT molecular complexity index is 918. The number of ketones is 1. The lowest BCUT2D eigenvalue weighted by atomic mass is 9.60. The number of Topliss-reactive ketones (excluding diaryl/α,β-unsaturated/α-hetero) is 1. The zero-order valence-electron chi connectivity index (χ0n) is 21.4. The summed E-state index contributed by atoms with van der Waals surface area (Å²) >= 11 is 0. The molecule has 4 aliphatic rings. The Morgan fingerprint density at radius 1 is 1.15 bits per heavy atom. The molecule has 0 bridgehead atoms. The Morgan fingerprint density at radius 2 is 1.82 bits per heavy atom. The van der Waals surface area contributed by atoms with Crippen LogP contribution in [0.2, 0.25) is 0 Å². The van der Waals surface area contributed by atoms with E-state index in [4.69, 9.17) is 4.74 Å². The molecule has 6 nitrogen and oxygen atoms in total. The monoisotopic (exact) mass is 474 g/mol. The highest BCUT2D eigenvalue weighted by atomic mass is 16.6. The highest BCUT2D eigenvalue weighted by Gasteiger charge is 2.83. The van der Waals surface area contributed by atoms with E-state index in [2.05, 4.69) is 20.8 Å². The minimum Gasteiger partial charge on any atom is -0.458 e. The summed E-state index contributed by atoms with van der Waals surface area (Å²) in [4.78, 5) is 25.9. The van der Waals surface area contributed by atoms with E-state index in [0.717, 1.165) is 25.7 Å². The second-order valence-corrected chi connectivity index (χ2v) is 12.0. The van der Waals surface area contributed by atoms with Crippen LogP contribution in [0.4, 0.5) is 0 Å². The van der Waals surface area contributed by atoms with Gasteiger partial charge in [0.1, 0.15) is 11.2 Å². The number of rotatable bonds is 8. The molecular weight excluding hydrogens is 432 g/mol. The zero-order valence-corrected chi connectivity index (χ0v) is 21.4. The standard InChI is InChI=1S/C28H42O6/c1-6-7-8-9-10-11-22(30)34-27-14-18(3)28(33)20(23(27)25(27,4)5)13-19(16-29)15-26(32)21(28)12-17(2)24(26)31/h12-13,18,20-21,23,29,32-33H,6-11,14-16H2,1-5H3. The molecule has 4 aliphatic carbocycles. The van der Waals surface area contributed by atoms with Crippen LogP contribution in [-0.4, -0.2) is 50.5 Å². The lowest BCUT2D eigenvalue weighted by Gasteiger charge is -2.50. The van der Waals surface area contributed by atoms with Gasteiger partial charge in [0.05, 0.1) is 12.2 Å². The van der Waals surface area contributed by atoms with Crippen LogP contribution in [0.25, 0.3) is 0 Å². The predicted octanol–water partition coefficient (Wildman–Crippen LogP) is 3.87. The first-order chi connectivity index (χ1) is 15.9. The quantitative estimate of drug-likeness (QED) is 0.280. The van der Waals surface area contributed by atoms with Crippen LogP contribution in [0.1, 0.15) is 86.0 Å². The molecular formula is C28H42O6. The summed E-state index contributed by atoms with van der Waals surface area (Å²) in [5.41, 5.74) is -3.19. The third-order valence-corrected chi connectivity index (χ3v) is 9.66. The molecule has 0 aliphatic heterocycles. The van der Waals surface area contributed by atoms with Crippen LogP contribution in [0.3, 0.4) is 0 Å². The minimum absolute atomic E-state index is 0.00403. The fourth-order valence-electron chi connectivity index (χ4n) is 7.72. The van der Waals surface area contributed by atoms with E-state index in [0.29, 0.717) is 24.0 Å². The molecule has 0 heterocycles. The maximum absolute atomic E-state index is 13.0.